The molecule has 0 spiro atoms. The van der Waals surface area contributed by atoms with Crippen molar-refractivity contribution < 1.29 is 18.8 Å². The van der Waals surface area contributed by atoms with Crippen LogP contribution in [0.3, 0.4) is 0 Å². The van der Waals surface area contributed by atoms with E-state index in [9.17, 15) is 9.50 Å². The normalized spacial score (nSPS) is 19.6. The molecular weight excluding hydrogens is 563 g/mol. The van der Waals surface area contributed by atoms with Crippen molar-refractivity contribution in [2.75, 3.05) is 13.1 Å². The summed E-state index contributed by atoms with van der Waals surface area (Å²) in [5, 5.41) is 12.4. The van der Waals surface area contributed by atoms with Crippen LogP contribution in [0, 0.1) is 11.7 Å². The highest BCUT2D eigenvalue weighted by molar-refractivity contribution is 8.93. The molecule has 1 aliphatic rings. The lowest BCUT2D eigenvalue weighted by molar-refractivity contribution is -0.919. The number of aliphatic hydroxyl groups is 1. The summed E-state index contributed by atoms with van der Waals surface area (Å²) in [5.41, 5.74) is -0.0391. The van der Waals surface area contributed by atoms with Gasteiger partial charge in [-0.05, 0) is 41.7 Å². The fourth-order valence-corrected chi connectivity index (χ4v) is 6.89. The highest BCUT2D eigenvalue weighted by Gasteiger charge is 2.39. The molecule has 1 saturated heterocycles. The molecule has 0 saturated carbocycles. The number of quaternary nitrogens is 1. The van der Waals surface area contributed by atoms with Gasteiger partial charge in [-0.1, -0.05) is 80.1 Å². The molecule has 1 aromatic heterocycles. The molecule has 38 heavy (non-hydrogen) atoms. The summed E-state index contributed by atoms with van der Waals surface area (Å²) in [6, 6.07) is 26.0. The maximum Gasteiger partial charge on any atom is 0.236 e. The van der Waals surface area contributed by atoms with Gasteiger partial charge in [-0.25, -0.2) is 9.37 Å². The van der Waals surface area contributed by atoms with Gasteiger partial charge < -0.3 is 14.4 Å². The fraction of sp³-hybridized carbons (Fsp3) is 0.323. The topological polar surface area (TPSA) is 50.7 Å². The Hall–Kier alpha value is -2.45. The maximum absolute atomic E-state index is 13.8. The largest absolute Gasteiger partial charge is 0.436 e. The first-order valence-electron chi connectivity index (χ1n) is 13.1. The predicted molar refractivity (Wildman–Crippen MR) is 155 cm³/mol. The second-order valence-electron chi connectivity index (χ2n) is 9.91. The third-order valence-electron chi connectivity index (χ3n) is 7.30. The van der Waals surface area contributed by atoms with Crippen LogP contribution in [0.4, 0.5) is 4.39 Å². The maximum atomic E-state index is 13.8. The smallest absolute Gasteiger partial charge is 0.236 e. The van der Waals surface area contributed by atoms with Crippen LogP contribution < -0.4 is 4.90 Å². The minimum Gasteiger partial charge on any atom is -0.436 e. The van der Waals surface area contributed by atoms with Crippen molar-refractivity contribution in [2.45, 2.75) is 48.5 Å². The third kappa shape index (κ3) is 6.40. The second kappa shape index (κ2) is 13.1. The second-order valence-corrected chi connectivity index (χ2v) is 11.2. The number of thioether (sulfide) groups is 1. The van der Waals surface area contributed by atoms with Gasteiger partial charge in [-0.15, -0.1) is 28.7 Å². The number of benzene rings is 3. The Balaban J connectivity index is 0.00000336. The molecule has 2 heterocycles. The van der Waals surface area contributed by atoms with E-state index >= 15 is 0 Å². The van der Waals surface area contributed by atoms with Gasteiger partial charge in [0, 0.05) is 11.3 Å². The van der Waals surface area contributed by atoms with E-state index < -0.39 is 5.60 Å². The Bertz CT molecular complexity index is 1250. The summed E-state index contributed by atoms with van der Waals surface area (Å²) < 4.78 is 20.1. The molecule has 0 radical (unpaired) electrons. The average molecular weight is 599 g/mol. The summed E-state index contributed by atoms with van der Waals surface area (Å²) in [6.45, 7) is 4.97. The Morgan fingerprint density at radius 2 is 1.71 bits per heavy atom. The predicted octanol–water partition coefficient (Wildman–Crippen LogP) is 6.04. The standard InChI is InChI=1S/C31H33FN2O2S.BrH/c1-2-10-23-17-18-34(22-29(23)37-28-16-9-15-26(32)19-28)21-27-20-33-30(36-27)31(35,24-11-5-3-6-12-24)25-13-7-4-8-14-25;/h3-9,11-16,19-20,23,29,35H,2,10,17-18,21-22H2,1H3;1H/p+1/t23?,29-;/m0./s1. The van der Waals surface area contributed by atoms with Gasteiger partial charge in [-0.3, -0.25) is 0 Å². The zero-order chi connectivity index (χ0) is 25.7. The van der Waals surface area contributed by atoms with E-state index in [1.807, 2.05) is 66.7 Å². The minimum absolute atomic E-state index is 0. The number of nitrogens with zero attached hydrogens (tertiary/aromatic N) is 1. The Morgan fingerprint density at radius 3 is 2.34 bits per heavy atom. The molecule has 4 aromatic rings. The summed E-state index contributed by atoms with van der Waals surface area (Å²) >= 11 is 1.80. The number of aromatic nitrogens is 1. The summed E-state index contributed by atoms with van der Waals surface area (Å²) in [6.07, 6.45) is 5.23. The van der Waals surface area contributed by atoms with Crippen LogP contribution in [0.2, 0.25) is 0 Å². The lowest BCUT2D eigenvalue weighted by Crippen LogP contribution is -3.13. The molecule has 5 rings (SSSR count). The number of piperidine rings is 1. The van der Waals surface area contributed by atoms with Crippen molar-refractivity contribution in [1.82, 2.24) is 4.98 Å². The van der Waals surface area contributed by atoms with E-state index in [0.29, 0.717) is 28.8 Å². The van der Waals surface area contributed by atoms with Crippen molar-refractivity contribution in [1.29, 1.82) is 0 Å². The molecule has 0 amide bonds. The van der Waals surface area contributed by atoms with Gasteiger partial charge in [0.1, 0.15) is 12.4 Å². The zero-order valence-corrected chi connectivity index (χ0v) is 24.1. The van der Waals surface area contributed by atoms with Crippen LogP contribution in [0.5, 0.6) is 0 Å². The fourth-order valence-electron chi connectivity index (χ4n) is 5.42. The van der Waals surface area contributed by atoms with Crippen LogP contribution in [-0.4, -0.2) is 28.4 Å². The monoisotopic (exact) mass is 597 g/mol. The molecule has 1 fully saturated rings. The molecule has 2 unspecified atom stereocenters. The molecule has 7 heteroatoms. The van der Waals surface area contributed by atoms with Gasteiger partial charge in [-0.2, -0.15) is 0 Å². The number of nitrogens with one attached hydrogen (secondary N) is 1. The first kappa shape index (κ1) is 28.6. The molecule has 4 nitrogen and oxygen atoms in total. The Labute approximate surface area is 239 Å². The molecule has 0 aliphatic carbocycles. The molecule has 200 valence electrons. The first-order chi connectivity index (χ1) is 18.1. The van der Waals surface area contributed by atoms with Crippen molar-refractivity contribution >= 4 is 28.7 Å². The van der Waals surface area contributed by atoms with Crippen LogP contribution in [0.1, 0.15) is 49.0 Å². The molecule has 3 atom stereocenters. The van der Waals surface area contributed by atoms with Gasteiger partial charge in [0.05, 0.1) is 24.5 Å². The van der Waals surface area contributed by atoms with Crippen molar-refractivity contribution in [3.63, 3.8) is 0 Å². The van der Waals surface area contributed by atoms with E-state index in [1.54, 1.807) is 30.1 Å². The molecule has 1 aliphatic heterocycles. The average Bonchev–Trinajstić information content (AvgIpc) is 3.40. The number of halogens is 2. The summed E-state index contributed by atoms with van der Waals surface area (Å²) in [5.74, 6) is 1.48. The number of likely N-dealkylation sites (tertiary alicyclic amines) is 1. The molecule has 3 aromatic carbocycles. The zero-order valence-electron chi connectivity index (χ0n) is 21.6. The Morgan fingerprint density at radius 1 is 1.03 bits per heavy atom. The van der Waals surface area contributed by atoms with E-state index in [1.165, 1.54) is 17.4 Å². The van der Waals surface area contributed by atoms with E-state index in [4.69, 9.17) is 4.42 Å². The highest BCUT2D eigenvalue weighted by Crippen LogP contribution is 2.36. The minimum atomic E-state index is -1.47. The van der Waals surface area contributed by atoms with Crippen molar-refractivity contribution in [2.24, 2.45) is 5.92 Å². The molecule has 2 N–H and O–H groups in total. The SMILES string of the molecule is Br.CCCC1CC[NH+](Cc2cnc(C(O)(c3ccccc3)c3ccccc3)o2)C[C@@H]1Sc1cccc(F)c1. The van der Waals surface area contributed by atoms with Gasteiger partial charge >= 0.3 is 0 Å². The quantitative estimate of drug-likeness (QED) is 0.247. The number of oxazole rings is 1. The van der Waals surface area contributed by atoms with Crippen LogP contribution in [0.15, 0.2) is 100 Å². The van der Waals surface area contributed by atoms with Gasteiger partial charge in [0.15, 0.2) is 11.4 Å². The highest BCUT2D eigenvalue weighted by atomic mass is 79.9. The van der Waals surface area contributed by atoms with Gasteiger partial charge in [0.2, 0.25) is 5.89 Å². The summed E-state index contributed by atoms with van der Waals surface area (Å²) in [7, 11) is 0. The van der Waals surface area contributed by atoms with E-state index in [-0.39, 0.29) is 28.7 Å². The lowest BCUT2D eigenvalue weighted by Gasteiger charge is -2.35. The van der Waals surface area contributed by atoms with Crippen LogP contribution in [0.25, 0.3) is 0 Å². The van der Waals surface area contributed by atoms with Crippen molar-refractivity contribution in [3.8, 4) is 0 Å². The number of rotatable bonds is 9. The van der Waals surface area contributed by atoms with Crippen LogP contribution >= 0.6 is 28.7 Å². The lowest BCUT2D eigenvalue weighted by atomic mass is 9.86. The Kier molecular flexibility index (Phi) is 9.82. The number of hydrogen-bond donors (Lipinski definition) is 2. The first-order valence-corrected chi connectivity index (χ1v) is 14.0. The van der Waals surface area contributed by atoms with Gasteiger partial charge in [0.25, 0.3) is 0 Å². The molecular formula is C31H35BrFN2O2S+. The third-order valence-corrected chi connectivity index (χ3v) is 8.68. The summed E-state index contributed by atoms with van der Waals surface area (Å²) in [4.78, 5) is 6.98. The molecule has 0 bridgehead atoms. The van der Waals surface area contributed by atoms with E-state index in [0.717, 1.165) is 36.6 Å². The van der Waals surface area contributed by atoms with Crippen molar-refractivity contribution in [3.05, 3.63) is 120 Å². The number of hydrogen-bond acceptors (Lipinski definition) is 4. The van der Waals surface area contributed by atoms with Crippen LogP contribution in [-0.2, 0) is 12.1 Å². The van der Waals surface area contributed by atoms with E-state index in [2.05, 4.69) is 11.9 Å².